The number of aryl methyl sites for hydroxylation is 1. The Balaban J connectivity index is 1.69. The number of hydrogen-bond donors (Lipinski definition) is 2. The van der Waals surface area contributed by atoms with Crippen molar-refractivity contribution in [2.45, 2.75) is 46.5 Å². The van der Waals surface area contributed by atoms with Crippen molar-refractivity contribution in [3.63, 3.8) is 0 Å². The number of nitrogens with two attached hydrogens (primary N) is 1. The van der Waals surface area contributed by atoms with Crippen LogP contribution in [0.3, 0.4) is 0 Å². The number of rotatable bonds is 6. The van der Waals surface area contributed by atoms with Crippen LogP contribution in [-0.2, 0) is 0 Å². The average Bonchev–Trinajstić information content (AvgIpc) is 3.12. The lowest BCUT2D eigenvalue weighted by Gasteiger charge is -2.35. The predicted molar refractivity (Wildman–Crippen MR) is 130 cm³/mol. The predicted octanol–water partition coefficient (Wildman–Crippen LogP) is 3.13. The highest BCUT2D eigenvalue weighted by molar-refractivity contribution is 5.92. The molecule has 2 saturated heterocycles. The lowest BCUT2D eigenvalue weighted by Crippen LogP contribution is -2.35. The van der Waals surface area contributed by atoms with Gasteiger partial charge in [0.1, 0.15) is 5.69 Å². The number of anilines is 3. The molecule has 0 atom stereocenters. The molecule has 0 bridgehead atoms. The molecule has 4 rings (SSSR count). The Morgan fingerprint density at radius 1 is 1.06 bits per heavy atom. The second-order valence-corrected chi connectivity index (χ2v) is 9.31. The van der Waals surface area contributed by atoms with Crippen LogP contribution in [-0.4, -0.2) is 52.2 Å². The van der Waals surface area contributed by atoms with Crippen molar-refractivity contribution in [2.24, 2.45) is 16.9 Å². The second kappa shape index (κ2) is 9.63. The van der Waals surface area contributed by atoms with Crippen LogP contribution in [0.2, 0.25) is 0 Å². The van der Waals surface area contributed by atoms with Crippen molar-refractivity contribution in [1.29, 1.82) is 0 Å². The van der Waals surface area contributed by atoms with E-state index in [1.807, 2.05) is 6.07 Å². The summed E-state index contributed by atoms with van der Waals surface area (Å²) in [6, 6.07) is 3.63. The van der Waals surface area contributed by atoms with Gasteiger partial charge in [-0.15, -0.1) is 10.2 Å². The van der Waals surface area contributed by atoms with Crippen LogP contribution in [0.5, 0.6) is 0 Å². The fourth-order valence-corrected chi connectivity index (χ4v) is 4.46. The van der Waals surface area contributed by atoms with Crippen LogP contribution in [0, 0.1) is 28.9 Å². The summed E-state index contributed by atoms with van der Waals surface area (Å²) in [6.45, 7) is 9.74. The first kappa shape index (κ1) is 22.8. The van der Waals surface area contributed by atoms with Gasteiger partial charge < -0.3 is 15.6 Å². The highest BCUT2D eigenvalue weighted by atomic mass is 16.6. The quantitative estimate of drug-likeness (QED) is 0.294. The van der Waals surface area contributed by atoms with Crippen molar-refractivity contribution < 1.29 is 4.92 Å². The number of nitro groups is 1. The third kappa shape index (κ3) is 5.01. The number of hydrazone groups is 1. The highest BCUT2D eigenvalue weighted by Crippen LogP contribution is 2.38. The van der Waals surface area contributed by atoms with Gasteiger partial charge in [-0.3, -0.25) is 10.1 Å². The van der Waals surface area contributed by atoms with Crippen LogP contribution < -0.4 is 21.1 Å². The van der Waals surface area contributed by atoms with Crippen molar-refractivity contribution >= 4 is 29.2 Å². The molecule has 2 aliphatic rings. The molecular formula is C22H33N9O2. The normalized spacial score (nSPS) is 18.3. The summed E-state index contributed by atoms with van der Waals surface area (Å²) in [5.41, 5.74) is 5.25. The van der Waals surface area contributed by atoms with Gasteiger partial charge in [0.2, 0.25) is 0 Å². The van der Waals surface area contributed by atoms with E-state index in [9.17, 15) is 10.1 Å². The summed E-state index contributed by atoms with van der Waals surface area (Å²) in [5.74, 6) is 8.04. The van der Waals surface area contributed by atoms with Crippen LogP contribution in [0.4, 0.5) is 23.0 Å². The van der Waals surface area contributed by atoms with Crippen molar-refractivity contribution in [1.82, 2.24) is 14.9 Å². The molecule has 11 heteroatoms. The van der Waals surface area contributed by atoms with Gasteiger partial charge in [0, 0.05) is 43.5 Å². The maximum Gasteiger partial charge on any atom is 0.293 e. The Labute approximate surface area is 193 Å². The number of hydrogen-bond acceptors (Lipinski definition) is 9. The fraction of sp³-hybridized carbons (Fsp3) is 0.591. The minimum atomic E-state index is -0.292. The van der Waals surface area contributed by atoms with Gasteiger partial charge in [-0.25, -0.2) is 10.1 Å². The molecule has 0 amide bonds. The van der Waals surface area contributed by atoms with E-state index >= 15 is 0 Å². The van der Waals surface area contributed by atoms with E-state index in [0.29, 0.717) is 34.9 Å². The molecule has 11 nitrogen and oxygen atoms in total. The van der Waals surface area contributed by atoms with Crippen LogP contribution in [0.25, 0.3) is 0 Å². The molecule has 2 aliphatic heterocycles. The van der Waals surface area contributed by atoms with E-state index in [0.717, 1.165) is 57.5 Å². The zero-order valence-electron chi connectivity index (χ0n) is 19.6. The topological polar surface area (TPSA) is 131 Å². The highest BCUT2D eigenvalue weighted by Gasteiger charge is 2.27. The molecule has 1 aromatic heterocycles. The maximum absolute atomic E-state index is 12.0. The molecule has 33 heavy (non-hydrogen) atoms. The van der Waals surface area contributed by atoms with Gasteiger partial charge in [-0.2, -0.15) is 5.10 Å². The number of nitrogens with one attached hydrogen (secondary N) is 1. The van der Waals surface area contributed by atoms with E-state index in [1.54, 1.807) is 19.2 Å². The van der Waals surface area contributed by atoms with E-state index < -0.39 is 0 Å². The SMILES string of the molecule is Cc1nnc(N/N=C/c2cc([N+](=O)[O-])c(N3CCC(C)CC3)cc2N2CCC(C)CC2)n1N. The number of nitrogens with zero attached hydrogens (tertiary/aromatic N) is 7. The number of nitrogen functional groups attached to an aromatic ring is 1. The Hall–Kier alpha value is -3.37. The van der Waals surface area contributed by atoms with Gasteiger partial charge in [-0.05, 0) is 50.5 Å². The van der Waals surface area contributed by atoms with Crippen LogP contribution >= 0.6 is 0 Å². The molecule has 2 aromatic rings. The lowest BCUT2D eigenvalue weighted by molar-refractivity contribution is -0.384. The van der Waals surface area contributed by atoms with Gasteiger partial charge in [0.05, 0.1) is 11.1 Å². The van der Waals surface area contributed by atoms with Gasteiger partial charge in [-0.1, -0.05) is 13.8 Å². The van der Waals surface area contributed by atoms with Crippen molar-refractivity contribution in [2.75, 3.05) is 47.2 Å². The smallest absolute Gasteiger partial charge is 0.293 e. The largest absolute Gasteiger partial charge is 0.371 e. The monoisotopic (exact) mass is 455 g/mol. The number of piperidine rings is 2. The minimum absolute atomic E-state index is 0.109. The summed E-state index contributed by atoms with van der Waals surface area (Å²) < 4.78 is 1.30. The maximum atomic E-state index is 12.0. The Morgan fingerprint density at radius 3 is 2.15 bits per heavy atom. The molecule has 3 N–H and O–H groups in total. The second-order valence-electron chi connectivity index (χ2n) is 9.31. The first-order valence-electron chi connectivity index (χ1n) is 11.6. The Bertz CT molecular complexity index is 1020. The summed E-state index contributed by atoms with van der Waals surface area (Å²) >= 11 is 0. The standard InChI is InChI=1S/C22H33N9O2/c1-15-4-8-28(9-5-15)19-13-20(29-10-6-16(2)7-11-29)21(31(32)33)12-18(19)14-24-26-22-27-25-17(3)30(22)23/h12-16H,4-11,23H2,1-3H3,(H,26,27)/b24-14+. The molecule has 0 aliphatic carbocycles. The molecule has 0 radical (unpaired) electrons. The van der Waals surface area contributed by atoms with E-state index in [4.69, 9.17) is 5.84 Å². The van der Waals surface area contributed by atoms with E-state index in [1.165, 1.54) is 4.68 Å². The first-order chi connectivity index (χ1) is 15.8. The first-order valence-corrected chi connectivity index (χ1v) is 11.6. The number of aromatic nitrogens is 3. The van der Waals surface area contributed by atoms with Gasteiger partial charge in [0.15, 0.2) is 5.82 Å². The number of benzene rings is 1. The lowest BCUT2D eigenvalue weighted by atomic mass is 9.96. The third-order valence-electron chi connectivity index (χ3n) is 6.80. The molecule has 0 spiro atoms. The summed E-state index contributed by atoms with van der Waals surface area (Å²) in [6.07, 6.45) is 5.88. The number of nitro benzene ring substituents is 1. The van der Waals surface area contributed by atoms with Crippen LogP contribution in [0.1, 0.15) is 50.9 Å². The Morgan fingerprint density at radius 2 is 1.64 bits per heavy atom. The molecular weight excluding hydrogens is 422 g/mol. The minimum Gasteiger partial charge on any atom is -0.371 e. The van der Waals surface area contributed by atoms with Crippen molar-refractivity contribution in [3.05, 3.63) is 33.6 Å². The van der Waals surface area contributed by atoms with Crippen LogP contribution in [0.15, 0.2) is 17.2 Å². The van der Waals surface area contributed by atoms with E-state index in [2.05, 4.69) is 44.4 Å². The molecule has 0 saturated carbocycles. The summed E-state index contributed by atoms with van der Waals surface area (Å²) in [4.78, 5) is 16.2. The molecule has 178 valence electrons. The molecule has 2 fully saturated rings. The molecule has 3 heterocycles. The van der Waals surface area contributed by atoms with Gasteiger partial charge in [0.25, 0.3) is 11.6 Å². The average molecular weight is 456 g/mol. The Kier molecular flexibility index (Phi) is 6.66. The van der Waals surface area contributed by atoms with E-state index in [-0.39, 0.29) is 10.6 Å². The van der Waals surface area contributed by atoms with Gasteiger partial charge >= 0.3 is 0 Å². The zero-order valence-corrected chi connectivity index (χ0v) is 19.6. The zero-order chi connectivity index (χ0) is 23.5. The fourth-order valence-electron chi connectivity index (χ4n) is 4.46. The summed E-state index contributed by atoms with van der Waals surface area (Å²) in [7, 11) is 0. The van der Waals surface area contributed by atoms with Crippen molar-refractivity contribution in [3.8, 4) is 0 Å². The third-order valence-corrected chi connectivity index (χ3v) is 6.80. The summed E-state index contributed by atoms with van der Waals surface area (Å²) in [5, 5.41) is 24.1. The molecule has 0 unspecified atom stereocenters. The molecule has 1 aromatic carbocycles.